The molecule has 0 saturated carbocycles. The maximum atomic E-state index is 10.4. The topological polar surface area (TPSA) is 40.5 Å². The summed E-state index contributed by atoms with van der Waals surface area (Å²) in [6, 6.07) is 21.3. The Labute approximate surface area is 137 Å². The van der Waals surface area contributed by atoms with Gasteiger partial charge < -0.3 is 10.2 Å². The van der Waals surface area contributed by atoms with Gasteiger partial charge in [0.05, 0.1) is 0 Å². The summed E-state index contributed by atoms with van der Waals surface area (Å²) < 4.78 is 0. The number of phenols is 2. The Morgan fingerprint density at radius 2 is 1.13 bits per heavy atom. The van der Waals surface area contributed by atoms with Gasteiger partial charge >= 0.3 is 0 Å². The molecule has 0 bridgehead atoms. The predicted molar refractivity (Wildman–Crippen MR) is 98.0 cm³/mol. The Balaban J connectivity index is 2.27. The van der Waals surface area contributed by atoms with Crippen LogP contribution < -0.4 is 15.9 Å². The van der Waals surface area contributed by atoms with Crippen LogP contribution in [0.25, 0.3) is 0 Å². The summed E-state index contributed by atoms with van der Waals surface area (Å²) in [5.41, 5.74) is 2.18. The predicted octanol–water partition coefficient (Wildman–Crippen LogP) is 3.47. The molecule has 3 rings (SSSR count). The van der Waals surface area contributed by atoms with E-state index < -0.39 is 7.92 Å². The van der Waals surface area contributed by atoms with Crippen molar-refractivity contribution in [2.45, 2.75) is 13.8 Å². The minimum Gasteiger partial charge on any atom is -0.507 e. The number of hydrogen-bond donors (Lipinski definition) is 2. The summed E-state index contributed by atoms with van der Waals surface area (Å²) in [4.78, 5) is 0. The van der Waals surface area contributed by atoms with E-state index in [0.717, 1.165) is 27.0 Å². The number of aromatic hydroxyl groups is 2. The van der Waals surface area contributed by atoms with Crippen LogP contribution in [0.3, 0.4) is 0 Å². The summed E-state index contributed by atoms with van der Waals surface area (Å²) in [5.74, 6) is 0.540. The summed E-state index contributed by atoms with van der Waals surface area (Å²) in [6.07, 6.45) is 0. The molecule has 0 heterocycles. The molecule has 0 aliphatic carbocycles. The van der Waals surface area contributed by atoms with Crippen LogP contribution in [0.4, 0.5) is 0 Å². The molecule has 116 valence electrons. The van der Waals surface area contributed by atoms with E-state index in [4.69, 9.17) is 0 Å². The highest BCUT2D eigenvalue weighted by Crippen LogP contribution is 2.39. The molecule has 3 aromatic carbocycles. The van der Waals surface area contributed by atoms with E-state index in [1.165, 1.54) is 0 Å². The van der Waals surface area contributed by atoms with E-state index in [0.29, 0.717) is 0 Å². The molecule has 23 heavy (non-hydrogen) atoms. The maximum absolute atomic E-state index is 10.4. The molecule has 0 unspecified atom stereocenters. The second kappa shape index (κ2) is 6.44. The van der Waals surface area contributed by atoms with Gasteiger partial charge in [0.2, 0.25) is 0 Å². The number of aryl methyl sites for hydroxylation is 2. The van der Waals surface area contributed by atoms with Gasteiger partial charge in [-0.1, -0.05) is 53.6 Å². The number of benzene rings is 3. The molecule has 0 aromatic heterocycles. The van der Waals surface area contributed by atoms with Crippen LogP contribution in [0.5, 0.6) is 11.5 Å². The first-order valence-electron chi connectivity index (χ1n) is 7.50. The summed E-state index contributed by atoms with van der Waals surface area (Å²) in [6.45, 7) is 4.02. The lowest BCUT2D eigenvalue weighted by Crippen LogP contribution is -2.21. The van der Waals surface area contributed by atoms with Crippen LogP contribution in [0.2, 0.25) is 0 Å². The zero-order valence-electron chi connectivity index (χ0n) is 13.2. The number of phenolic OH excluding ortho intramolecular Hbond substituents is 2. The Bertz CT molecular complexity index is 777. The Kier molecular flexibility index (Phi) is 4.36. The molecule has 0 aliphatic heterocycles. The standard InChI is InChI=1S/C20H19O2P/c1-14-8-10-17(21)19(12-14)23(16-6-4-3-5-7-16)20-13-15(2)9-11-18(20)22/h3-13,21-22H,1-2H3. The van der Waals surface area contributed by atoms with E-state index in [9.17, 15) is 10.2 Å². The highest BCUT2D eigenvalue weighted by molar-refractivity contribution is 7.80. The molecular weight excluding hydrogens is 303 g/mol. The number of hydrogen-bond acceptors (Lipinski definition) is 2. The molecule has 0 radical (unpaired) electrons. The Morgan fingerprint density at radius 3 is 1.61 bits per heavy atom. The normalized spacial score (nSPS) is 10.9. The average molecular weight is 322 g/mol. The number of rotatable bonds is 3. The largest absolute Gasteiger partial charge is 0.507 e. The highest BCUT2D eigenvalue weighted by Gasteiger charge is 2.22. The molecule has 2 nitrogen and oxygen atoms in total. The van der Waals surface area contributed by atoms with E-state index in [2.05, 4.69) is 12.1 Å². The van der Waals surface area contributed by atoms with Crippen LogP contribution >= 0.6 is 7.92 Å². The zero-order valence-corrected chi connectivity index (χ0v) is 14.1. The molecule has 3 aromatic rings. The second-order valence-electron chi connectivity index (χ2n) is 5.66. The fourth-order valence-corrected chi connectivity index (χ4v) is 5.17. The second-order valence-corrected chi connectivity index (χ2v) is 7.81. The summed E-state index contributed by atoms with van der Waals surface area (Å²) in [7, 11) is -1.02. The van der Waals surface area contributed by atoms with Crippen LogP contribution in [0.15, 0.2) is 66.7 Å². The molecule has 0 spiro atoms. The summed E-state index contributed by atoms with van der Waals surface area (Å²) >= 11 is 0. The lowest BCUT2D eigenvalue weighted by Gasteiger charge is -2.22. The van der Waals surface area contributed by atoms with Crippen LogP contribution in [-0.4, -0.2) is 10.2 Å². The van der Waals surface area contributed by atoms with Crippen molar-refractivity contribution in [1.82, 2.24) is 0 Å². The quantitative estimate of drug-likeness (QED) is 0.725. The third kappa shape index (κ3) is 3.23. The Hall–Kier alpha value is -2.31. The molecule has 0 amide bonds. The van der Waals surface area contributed by atoms with Crippen molar-refractivity contribution in [1.29, 1.82) is 0 Å². The average Bonchev–Trinajstić information content (AvgIpc) is 2.55. The molecule has 2 N–H and O–H groups in total. The minimum atomic E-state index is -1.02. The van der Waals surface area contributed by atoms with Gasteiger partial charge in [-0.25, -0.2) is 0 Å². The van der Waals surface area contributed by atoms with Crippen LogP contribution in [0, 0.1) is 13.8 Å². The fourth-order valence-electron chi connectivity index (χ4n) is 2.61. The molecule has 0 saturated heterocycles. The summed E-state index contributed by atoms with van der Waals surface area (Å²) in [5, 5.41) is 23.7. The van der Waals surface area contributed by atoms with Gasteiger partial charge in [0, 0.05) is 10.6 Å². The van der Waals surface area contributed by atoms with Gasteiger partial charge in [0.1, 0.15) is 11.5 Å². The van der Waals surface area contributed by atoms with Gasteiger partial charge in [-0.15, -0.1) is 0 Å². The molecule has 3 heteroatoms. The molecular formula is C20H19O2P. The minimum absolute atomic E-state index is 0.270. The first-order chi connectivity index (χ1) is 11.1. The maximum Gasteiger partial charge on any atom is 0.123 e. The SMILES string of the molecule is Cc1ccc(O)c(P(c2ccccc2)c2cc(C)ccc2O)c1. The van der Waals surface area contributed by atoms with E-state index in [1.807, 2.05) is 56.3 Å². The van der Waals surface area contributed by atoms with Crippen LogP contribution in [0.1, 0.15) is 11.1 Å². The first-order valence-corrected chi connectivity index (χ1v) is 8.85. The van der Waals surface area contributed by atoms with Crippen molar-refractivity contribution in [3.8, 4) is 11.5 Å². The third-order valence-corrected chi connectivity index (χ3v) is 6.25. The van der Waals surface area contributed by atoms with Gasteiger partial charge in [-0.2, -0.15) is 0 Å². The van der Waals surface area contributed by atoms with Gasteiger partial charge in [0.15, 0.2) is 0 Å². The van der Waals surface area contributed by atoms with Crippen molar-refractivity contribution in [3.63, 3.8) is 0 Å². The van der Waals surface area contributed by atoms with Crippen molar-refractivity contribution in [2.75, 3.05) is 0 Å². The van der Waals surface area contributed by atoms with E-state index in [-0.39, 0.29) is 11.5 Å². The fraction of sp³-hybridized carbons (Fsp3) is 0.100. The van der Waals surface area contributed by atoms with Crippen molar-refractivity contribution >= 4 is 23.8 Å². The smallest absolute Gasteiger partial charge is 0.123 e. The van der Waals surface area contributed by atoms with E-state index in [1.54, 1.807) is 12.1 Å². The third-order valence-electron chi connectivity index (χ3n) is 3.76. The monoisotopic (exact) mass is 322 g/mol. The van der Waals surface area contributed by atoms with E-state index >= 15 is 0 Å². The van der Waals surface area contributed by atoms with Gasteiger partial charge in [-0.05, 0) is 51.3 Å². The lowest BCUT2D eigenvalue weighted by molar-refractivity contribution is 0.479. The van der Waals surface area contributed by atoms with Crippen molar-refractivity contribution in [2.24, 2.45) is 0 Å². The van der Waals surface area contributed by atoms with Gasteiger partial charge in [-0.3, -0.25) is 0 Å². The molecule has 0 aliphatic rings. The lowest BCUT2D eigenvalue weighted by atomic mass is 10.2. The molecule has 0 atom stereocenters. The van der Waals surface area contributed by atoms with Crippen molar-refractivity contribution < 1.29 is 10.2 Å². The van der Waals surface area contributed by atoms with Crippen LogP contribution in [-0.2, 0) is 0 Å². The molecule has 0 fully saturated rings. The highest BCUT2D eigenvalue weighted by atomic mass is 31.1. The van der Waals surface area contributed by atoms with Crippen molar-refractivity contribution in [3.05, 3.63) is 77.9 Å². The first kappa shape index (κ1) is 15.6. The van der Waals surface area contributed by atoms with Gasteiger partial charge in [0.25, 0.3) is 0 Å². The Morgan fingerprint density at radius 1 is 0.652 bits per heavy atom. The zero-order chi connectivity index (χ0) is 16.4.